The minimum Gasteiger partial charge on any atom is -0.455 e. The van der Waals surface area contributed by atoms with Crippen LogP contribution in [0.15, 0.2) is 35.5 Å². The number of carbonyl (C=O) groups excluding carboxylic acids is 2. The smallest absolute Gasteiger partial charge is 0.411 e. The zero-order chi connectivity index (χ0) is 21.0. The third kappa shape index (κ3) is 4.82. The van der Waals surface area contributed by atoms with Crippen LogP contribution in [-0.2, 0) is 9.53 Å². The second-order valence-corrected chi connectivity index (χ2v) is 7.57. The minimum atomic E-state index is -0.511. The van der Waals surface area contributed by atoms with Gasteiger partial charge in [0.1, 0.15) is 11.5 Å². The fourth-order valence-electron chi connectivity index (χ4n) is 3.30. The van der Waals surface area contributed by atoms with Crippen molar-refractivity contribution in [1.29, 1.82) is 0 Å². The third-order valence-electron chi connectivity index (χ3n) is 4.87. The molecule has 1 saturated heterocycles. The number of rotatable bonds is 6. The van der Waals surface area contributed by atoms with Crippen LogP contribution in [0.25, 0.3) is 0 Å². The Balaban J connectivity index is 1.97. The first kappa shape index (κ1) is 21.0. The van der Waals surface area contributed by atoms with Crippen molar-refractivity contribution in [1.82, 2.24) is 9.88 Å². The molecular weight excluding hydrogens is 390 g/mol. The molecule has 2 amide bonds. The topological polar surface area (TPSA) is 80.8 Å². The summed E-state index contributed by atoms with van der Waals surface area (Å²) < 4.78 is 11.1. The molecule has 0 aliphatic carbocycles. The average molecular weight is 416 g/mol. The van der Waals surface area contributed by atoms with Gasteiger partial charge in [0.25, 0.3) is 0 Å². The van der Waals surface area contributed by atoms with Crippen molar-refractivity contribution in [3.63, 3.8) is 0 Å². The fourth-order valence-corrected chi connectivity index (χ4v) is 3.66. The van der Waals surface area contributed by atoms with Gasteiger partial charge in [-0.1, -0.05) is 0 Å². The predicted octanol–water partition coefficient (Wildman–Crippen LogP) is 4.77. The number of ether oxygens (including phenoxy) is 2. The Morgan fingerprint density at radius 2 is 2.17 bits per heavy atom. The highest BCUT2D eigenvalue weighted by molar-refractivity contribution is 7.98. The summed E-state index contributed by atoms with van der Waals surface area (Å²) >= 11 is 1.56. The number of hydrogen-bond donors (Lipinski definition) is 1. The molecule has 2 aromatic rings. The number of likely N-dealkylation sites (tertiary alicyclic amines) is 1. The van der Waals surface area contributed by atoms with Crippen LogP contribution in [0, 0.1) is 6.92 Å². The minimum absolute atomic E-state index is 0.0902. The molecule has 3 rings (SSSR count). The Bertz CT molecular complexity index is 902. The number of nitrogens with one attached hydrogen (secondary N) is 1. The summed E-state index contributed by atoms with van der Waals surface area (Å²) in [5.74, 6) is 1.34. The van der Waals surface area contributed by atoms with Gasteiger partial charge in [0.05, 0.1) is 23.9 Å². The van der Waals surface area contributed by atoms with Gasteiger partial charge in [0, 0.05) is 24.7 Å². The van der Waals surface area contributed by atoms with Gasteiger partial charge in [-0.05, 0) is 56.4 Å². The summed E-state index contributed by atoms with van der Waals surface area (Å²) in [6, 6.07) is 7.38. The van der Waals surface area contributed by atoms with Crippen molar-refractivity contribution in [2.45, 2.75) is 37.8 Å². The average Bonchev–Trinajstić information content (AvgIpc) is 3.03. The van der Waals surface area contributed by atoms with E-state index in [1.165, 1.54) is 0 Å². The monoisotopic (exact) mass is 415 g/mol. The molecule has 1 aliphatic heterocycles. The number of thioether (sulfide) groups is 1. The number of benzene rings is 1. The van der Waals surface area contributed by atoms with Crippen LogP contribution in [-0.4, -0.2) is 41.8 Å². The van der Waals surface area contributed by atoms with Crippen LogP contribution < -0.4 is 10.1 Å². The molecule has 2 heterocycles. The summed E-state index contributed by atoms with van der Waals surface area (Å²) in [5.41, 5.74) is 2.30. The fraction of sp³-hybridized carbons (Fsp3) is 0.381. The molecule has 7 nitrogen and oxygen atoms in total. The molecule has 1 aliphatic rings. The van der Waals surface area contributed by atoms with Crippen molar-refractivity contribution in [3.05, 3.63) is 41.6 Å². The SMILES string of the molecule is CCOC(=O)Nc1cc(C2CCC(=O)N2C)c(Oc2ccc(SC)nc2)cc1C. The van der Waals surface area contributed by atoms with E-state index in [1.807, 2.05) is 37.4 Å². The lowest BCUT2D eigenvalue weighted by atomic mass is 10.00. The van der Waals surface area contributed by atoms with Gasteiger partial charge in [-0.15, -0.1) is 11.8 Å². The van der Waals surface area contributed by atoms with Crippen LogP contribution in [0.5, 0.6) is 11.5 Å². The lowest BCUT2D eigenvalue weighted by Crippen LogP contribution is -2.23. The molecule has 0 spiro atoms. The van der Waals surface area contributed by atoms with Crippen molar-refractivity contribution in [2.75, 3.05) is 25.2 Å². The van der Waals surface area contributed by atoms with Crippen LogP contribution >= 0.6 is 11.8 Å². The van der Waals surface area contributed by atoms with E-state index in [1.54, 1.807) is 36.8 Å². The molecule has 0 saturated carbocycles. The van der Waals surface area contributed by atoms with Crippen molar-refractivity contribution >= 4 is 29.4 Å². The summed E-state index contributed by atoms with van der Waals surface area (Å²) in [5, 5.41) is 3.68. The predicted molar refractivity (Wildman–Crippen MR) is 113 cm³/mol. The first-order valence-electron chi connectivity index (χ1n) is 9.44. The van der Waals surface area contributed by atoms with Crippen molar-refractivity contribution in [2.24, 2.45) is 0 Å². The summed E-state index contributed by atoms with van der Waals surface area (Å²) in [6.07, 6.45) is 4.31. The highest BCUT2D eigenvalue weighted by Gasteiger charge is 2.32. The standard InChI is InChI=1S/C21H25N3O4S/c1-5-27-21(26)23-16-11-15(17-7-9-20(25)24(17)3)18(10-13(16)2)28-14-6-8-19(29-4)22-12-14/h6,8,10-12,17H,5,7,9H2,1-4H3,(H,23,26). The van der Waals surface area contributed by atoms with E-state index in [0.717, 1.165) is 16.2 Å². The molecule has 8 heteroatoms. The number of nitrogens with zero attached hydrogens (tertiary/aromatic N) is 2. The van der Waals surface area contributed by atoms with E-state index in [9.17, 15) is 9.59 Å². The third-order valence-corrected chi connectivity index (χ3v) is 5.53. The summed E-state index contributed by atoms with van der Waals surface area (Å²) in [7, 11) is 1.79. The van der Waals surface area contributed by atoms with Crippen LogP contribution in [0.4, 0.5) is 10.5 Å². The highest BCUT2D eigenvalue weighted by atomic mass is 32.2. The number of aromatic nitrogens is 1. The second kappa shape index (κ2) is 9.17. The van der Waals surface area contributed by atoms with Gasteiger partial charge < -0.3 is 14.4 Å². The Kier molecular flexibility index (Phi) is 6.64. The number of hydrogen-bond acceptors (Lipinski definition) is 6. The number of amides is 2. The summed E-state index contributed by atoms with van der Waals surface area (Å²) in [4.78, 5) is 30.1. The van der Waals surface area contributed by atoms with Gasteiger partial charge >= 0.3 is 6.09 Å². The summed E-state index contributed by atoms with van der Waals surface area (Å²) in [6.45, 7) is 3.93. The maximum absolute atomic E-state index is 12.1. The number of anilines is 1. The van der Waals surface area contributed by atoms with Gasteiger partial charge in [0.2, 0.25) is 5.91 Å². The van der Waals surface area contributed by atoms with Gasteiger partial charge in [-0.25, -0.2) is 9.78 Å². The van der Waals surface area contributed by atoms with E-state index in [2.05, 4.69) is 10.3 Å². The molecule has 29 heavy (non-hydrogen) atoms. The normalized spacial score (nSPS) is 16.1. The van der Waals surface area contributed by atoms with Gasteiger partial charge in [-0.3, -0.25) is 10.1 Å². The van der Waals surface area contributed by atoms with Crippen molar-refractivity contribution < 1.29 is 19.1 Å². The molecule has 1 unspecified atom stereocenters. The molecule has 0 bridgehead atoms. The van der Waals surface area contributed by atoms with Gasteiger partial charge in [0.15, 0.2) is 0 Å². The second-order valence-electron chi connectivity index (χ2n) is 6.75. The Morgan fingerprint density at radius 3 is 2.76 bits per heavy atom. The van der Waals surface area contributed by atoms with E-state index in [0.29, 0.717) is 30.0 Å². The first-order valence-corrected chi connectivity index (χ1v) is 10.7. The number of carbonyl (C=O) groups is 2. The maximum Gasteiger partial charge on any atom is 0.411 e. The van der Waals surface area contributed by atoms with E-state index in [4.69, 9.17) is 9.47 Å². The van der Waals surface area contributed by atoms with E-state index in [-0.39, 0.29) is 18.6 Å². The Labute approximate surface area is 174 Å². The molecule has 154 valence electrons. The maximum atomic E-state index is 12.1. The Hall–Kier alpha value is -2.74. The molecule has 1 N–H and O–H groups in total. The molecule has 1 aromatic heterocycles. The molecule has 1 fully saturated rings. The van der Waals surface area contributed by atoms with Gasteiger partial charge in [-0.2, -0.15) is 0 Å². The van der Waals surface area contributed by atoms with E-state index >= 15 is 0 Å². The molecular formula is C21H25N3O4S. The number of aryl methyl sites for hydroxylation is 1. The van der Waals surface area contributed by atoms with Crippen molar-refractivity contribution in [3.8, 4) is 11.5 Å². The lowest BCUT2D eigenvalue weighted by molar-refractivity contribution is -0.127. The zero-order valence-corrected chi connectivity index (χ0v) is 17.8. The van der Waals surface area contributed by atoms with Crippen LogP contribution in [0.2, 0.25) is 0 Å². The van der Waals surface area contributed by atoms with Crippen LogP contribution in [0.3, 0.4) is 0 Å². The van der Waals surface area contributed by atoms with Crippen LogP contribution in [0.1, 0.15) is 36.9 Å². The highest BCUT2D eigenvalue weighted by Crippen LogP contribution is 2.41. The number of pyridine rings is 1. The molecule has 0 radical (unpaired) electrons. The lowest BCUT2D eigenvalue weighted by Gasteiger charge is -2.24. The molecule has 1 atom stereocenters. The quantitative estimate of drug-likeness (QED) is 0.685. The Morgan fingerprint density at radius 1 is 1.38 bits per heavy atom. The largest absolute Gasteiger partial charge is 0.455 e. The zero-order valence-electron chi connectivity index (χ0n) is 17.0. The molecule has 1 aromatic carbocycles. The first-order chi connectivity index (χ1) is 13.9. The van der Waals surface area contributed by atoms with E-state index < -0.39 is 6.09 Å².